The molecule has 0 atom stereocenters. The Balaban J connectivity index is 2.31. The third-order valence-electron chi connectivity index (χ3n) is 2.36. The summed E-state index contributed by atoms with van der Waals surface area (Å²) in [6, 6.07) is 5.90. The molecule has 1 aliphatic rings. The van der Waals surface area contributed by atoms with Crippen LogP contribution in [0.25, 0.3) is 0 Å². The number of Topliss-reactive ketones (excluding diaryl/α,β-unsaturated/α-hetero) is 1. The Bertz CT molecular complexity index is 462. The number of nitrogens with zero attached hydrogens (tertiary/aromatic N) is 1. The van der Waals surface area contributed by atoms with Gasteiger partial charge in [-0.1, -0.05) is 12.1 Å². The molecule has 17 heavy (non-hydrogen) atoms. The van der Waals surface area contributed by atoms with Crippen LogP contribution in [0.2, 0.25) is 0 Å². The number of benzene rings is 1. The van der Waals surface area contributed by atoms with E-state index in [0.29, 0.717) is 0 Å². The molecule has 6 heteroatoms. The highest BCUT2D eigenvalue weighted by Gasteiger charge is 2.30. The Morgan fingerprint density at radius 1 is 1.24 bits per heavy atom. The van der Waals surface area contributed by atoms with Crippen LogP contribution >= 0.6 is 0 Å². The Hall–Kier alpha value is -1.98. The van der Waals surface area contributed by atoms with Gasteiger partial charge >= 0.3 is 6.61 Å². The van der Waals surface area contributed by atoms with E-state index in [0.717, 1.165) is 4.90 Å². The molecule has 0 spiro atoms. The minimum Gasteiger partial charge on any atom is -0.433 e. The lowest BCUT2D eigenvalue weighted by molar-refractivity contribution is -0.121. The summed E-state index contributed by atoms with van der Waals surface area (Å²) in [5, 5.41) is 0. The normalized spacial score (nSPS) is 15.8. The zero-order valence-corrected chi connectivity index (χ0v) is 8.73. The van der Waals surface area contributed by atoms with Crippen molar-refractivity contribution in [1.29, 1.82) is 0 Å². The van der Waals surface area contributed by atoms with Crippen molar-refractivity contribution in [3.63, 3.8) is 0 Å². The summed E-state index contributed by atoms with van der Waals surface area (Å²) < 4.78 is 28.6. The van der Waals surface area contributed by atoms with E-state index in [2.05, 4.69) is 4.74 Å². The van der Waals surface area contributed by atoms with Gasteiger partial charge in [-0.25, -0.2) is 0 Å². The van der Waals surface area contributed by atoms with Crippen molar-refractivity contribution in [2.24, 2.45) is 0 Å². The lowest BCUT2D eigenvalue weighted by atomic mass is 10.2. The van der Waals surface area contributed by atoms with E-state index in [4.69, 9.17) is 0 Å². The molecule has 4 nitrogen and oxygen atoms in total. The summed E-state index contributed by atoms with van der Waals surface area (Å²) in [6.45, 7) is -3.06. The van der Waals surface area contributed by atoms with Gasteiger partial charge in [0.2, 0.25) is 5.91 Å². The summed E-state index contributed by atoms with van der Waals surface area (Å²) in [5.41, 5.74) is 0.198. The summed E-state index contributed by atoms with van der Waals surface area (Å²) in [5.74, 6) is -0.743. The van der Waals surface area contributed by atoms with Crippen LogP contribution in [0.4, 0.5) is 14.5 Å². The standard InChI is InChI=1S/C11H9F2NO3/c12-11(13)17-9-4-2-1-3-8(9)14-6-7(15)5-10(14)16/h1-4,11H,5-6H2. The van der Waals surface area contributed by atoms with E-state index in [9.17, 15) is 18.4 Å². The Kier molecular flexibility index (Phi) is 3.03. The molecule has 0 N–H and O–H groups in total. The molecule has 1 heterocycles. The third-order valence-corrected chi connectivity index (χ3v) is 2.36. The minimum atomic E-state index is -2.97. The second-order valence-electron chi connectivity index (χ2n) is 3.54. The zero-order chi connectivity index (χ0) is 12.4. The molecule has 1 aromatic carbocycles. The van der Waals surface area contributed by atoms with Gasteiger partial charge in [-0.2, -0.15) is 8.78 Å². The van der Waals surface area contributed by atoms with Gasteiger partial charge in [0.25, 0.3) is 0 Å². The Labute approximate surface area is 95.8 Å². The minimum absolute atomic E-state index is 0.0948. The van der Waals surface area contributed by atoms with Crippen LogP contribution in [0.5, 0.6) is 5.75 Å². The van der Waals surface area contributed by atoms with Crippen LogP contribution in [-0.2, 0) is 9.59 Å². The van der Waals surface area contributed by atoms with Crippen LogP contribution in [0.3, 0.4) is 0 Å². The van der Waals surface area contributed by atoms with Gasteiger partial charge in [0.05, 0.1) is 18.7 Å². The number of rotatable bonds is 3. The van der Waals surface area contributed by atoms with Crippen LogP contribution in [0.15, 0.2) is 24.3 Å². The van der Waals surface area contributed by atoms with Crippen molar-refractivity contribution < 1.29 is 23.1 Å². The number of carbonyl (C=O) groups excluding carboxylic acids is 2. The van der Waals surface area contributed by atoms with E-state index < -0.39 is 12.5 Å². The monoisotopic (exact) mass is 241 g/mol. The summed E-state index contributed by atoms with van der Waals surface area (Å²) in [7, 11) is 0. The molecule has 1 aliphatic heterocycles. The van der Waals surface area contributed by atoms with Crippen molar-refractivity contribution in [3.8, 4) is 5.75 Å². The molecule has 1 saturated heterocycles. The van der Waals surface area contributed by atoms with Gasteiger partial charge in [-0.15, -0.1) is 0 Å². The molecule has 0 bridgehead atoms. The molecule has 0 radical (unpaired) electrons. The molecule has 1 amide bonds. The number of ether oxygens (including phenoxy) is 1. The molecular weight excluding hydrogens is 232 g/mol. The number of amides is 1. The average Bonchev–Trinajstić information content (AvgIpc) is 2.58. The molecule has 2 rings (SSSR count). The van der Waals surface area contributed by atoms with E-state index in [-0.39, 0.29) is 30.2 Å². The van der Waals surface area contributed by atoms with Crippen LogP contribution in [-0.4, -0.2) is 24.8 Å². The van der Waals surface area contributed by atoms with Crippen molar-refractivity contribution in [2.45, 2.75) is 13.0 Å². The predicted molar refractivity (Wildman–Crippen MR) is 55.1 cm³/mol. The summed E-state index contributed by atoms with van der Waals surface area (Å²) >= 11 is 0. The maximum absolute atomic E-state index is 12.2. The molecule has 1 aromatic rings. The molecule has 1 fully saturated rings. The smallest absolute Gasteiger partial charge is 0.387 e. The number of halogens is 2. The fourth-order valence-corrected chi connectivity index (χ4v) is 1.68. The van der Waals surface area contributed by atoms with Gasteiger partial charge in [0.1, 0.15) is 5.75 Å². The molecule has 90 valence electrons. The fourth-order valence-electron chi connectivity index (χ4n) is 1.68. The zero-order valence-electron chi connectivity index (χ0n) is 8.73. The van der Waals surface area contributed by atoms with Crippen molar-refractivity contribution in [3.05, 3.63) is 24.3 Å². The van der Waals surface area contributed by atoms with Crippen LogP contribution < -0.4 is 9.64 Å². The number of carbonyl (C=O) groups is 2. The fraction of sp³-hybridized carbons (Fsp3) is 0.273. The SMILES string of the molecule is O=C1CC(=O)N(c2ccccc2OC(F)F)C1. The third kappa shape index (κ3) is 2.41. The van der Waals surface area contributed by atoms with Gasteiger partial charge < -0.3 is 9.64 Å². The van der Waals surface area contributed by atoms with Crippen LogP contribution in [0.1, 0.15) is 6.42 Å². The first-order valence-electron chi connectivity index (χ1n) is 4.94. The Morgan fingerprint density at radius 3 is 2.53 bits per heavy atom. The number of alkyl halides is 2. The first-order valence-corrected chi connectivity index (χ1v) is 4.94. The largest absolute Gasteiger partial charge is 0.433 e. The lowest BCUT2D eigenvalue weighted by Crippen LogP contribution is -2.25. The topological polar surface area (TPSA) is 46.6 Å². The lowest BCUT2D eigenvalue weighted by Gasteiger charge is -2.18. The van der Waals surface area contributed by atoms with Crippen molar-refractivity contribution in [2.75, 3.05) is 11.4 Å². The molecule has 0 aromatic heterocycles. The first kappa shape index (κ1) is 11.5. The van der Waals surface area contributed by atoms with Crippen molar-refractivity contribution >= 4 is 17.4 Å². The number of hydrogen-bond acceptors (Lipinski definition) is 3. The van der Waals surface area contributed by atoms with Gasteiger partial charge in [0.15, 0.2) is 5.78 Å². The van der Waals surface area contributed by atoms with E-state index in [1.165, 1.54) is 18.2 Å². The highest BCUT2D eigenvalue weighted by molar-refractivity contribution is 6.15. The number of para-hydroxylation sites is 2. The van der Waals surface area contributed by atoms with Crippen molar-refractivity contribution in [1.82, 2.24) is 0 Å². The summed E-state index contributed by atoms with van der Waals surface area (Å²) in [4.78, 5) is 23.8. The second-order valence-corrected chi connectivity index (χ2v) is 3.54. The van der Waals surface area contributed by atoms with Gasteiger partial charge in [-0.05, 0) is 12.1 Å². The maximum atomic E-state index is 12.2. The molecular formula is C11H9F2NO3. The number of hydrogen-bond donors (Lipinski definition) is 0. The van der Waals surface area contributed by atoms with E-state index in [1.807, 2.05) is 0 Å². The van der Waals surface area contributed by atoms with Gasteiger partial charge in [-0.3, -0.25) is 9.59 Å². The number of ketones is 1. The Morgan fingerprint density at radius 2 is 1.94 bits per heavy atom. The van der Waals surface area contributed by atoms with Gasteiger partial charge in [0, 0.05) is 0 Å². The second kappa shape index (κ2) is 4.48. The average molecular weight is 241 g/mol. The maximum Gasteiger partial charge on any atom is 0.387 e. The first-order chi connectivity index (χ1) is 8.08. The highest BCUT2D eigenvalue weighted by Crippen LogP contribution is 2.31. The quantitative estimate of drug-likeness (QED) is 0.755. The molecule has 0 unspecified atom stereocenters. The highest BCUT2D eigenvalue weighted by atomic mass is 19.3. The van der Waals surface area contributed by atoms with Crippen LogP contribution in [0, 0.1) is 0 Å². The molecule has 0 saturated carbocycles. The van der Waals surface area contributed by atoms with E-state index >= 15 is 0 Å². The molecule has 0 aliphatic carbocycles. The van der Waals surface area contributed by atoms with E-state index in [1.54, 1.807) is 6.07 Å². The predicted octanol–water partition coefficient (Wildman–Crippen LogP) is 1.59. The number of anilines is 1. The summed E-state index contributed by atoms with van der Waals surface area (Å²) in [6.07, 6.45) is -0.191.